The number of anilines is 2. The van der Waals surface area contributed by atoms with E-state index in [0.29, 0.717) is 13.1 Å². The summed E-state index contributed by atoms with van der Waals surface area (Å²) >= 11 is 0. The molecule has 2 aromatic carbocycles. The summed E-state index contributed by atoms with van der Waals surface area (Å²) in [6, 6.07) is 14.9. The SMILES string of the molecule is O=C(Nc1ccc(F)c([N+](=O)[O-])c1)C1CN(c2cc(-c3ccccc3)ncn2)C1. The second kappa shape index (κ2) is 7.63. The molecule has 3 aromatic rings. The molecule has 2 heterocycles. The molecule has 0 atom stereocenters. The van der Waals surface area contributed by atoms with Gasteiger partial charge in [-0.05, 0) is 12.1 Å². The predicted molar refractivity (Wildman–Crippen MR) is 105 cm³/mol. The number of carbonyl (C=O) groups excluding carboxylic acids is 1. The summed E-state index contributed by atoms with van der Waals surface area (Å²) in [4.78, 5) is 32.9. The van der Waals surface area contributed by atoms with E-state index >= 15 is 0 Å². The molecule has 9 heteroatoms. The average molecular weight is 393 g/mol. The Balaban J connectivity index is 1.40. The van der Waals surface area contributed by atoms with Gasteiger partial charge in [0.05, 0.1) is 16.5 Å². The van der Waals surface area contributed by atoms with E-state index in [0.717, 1.165) is 29.2 Å². The molecule has 0 unspecified atom stereocenters. The molecule has 0 saturated carbocycles. The molecule has 1 aromatic heterocycles. The number of nitro benzene ring substituents is 1. The van der Waals surface area contributed by atoms with Crippen LogP contribution in [-0.4, -0.2) is 33.9 Å². The van der Waals surface area contributed by atoms with Crippen molar-refractivity contribution >= 4 is 23.1 Å². The molecule has 4 rings (SSSR count). The van der Waals surface area contributed by atoms with Crippen molar-refractivity contribution in [3.63, 3.8) is 0 Å². The van der Waals surface area contributed by atoms with Crippen LogP contribution in [0, 0.1) is 21.8 Å². The summed E-state index contributed by atoms with van der Waals surface area (Å²) in [5.41, 5.74) is 1.29. The maximum atomic E-state index is 13.4. The van der Waals surface area contributed by atoms with Crippen molar-refractivity contribution in [2.45, 2.75) is 0 Å². The first-order chi connectivity index (χ1) is 14.0. The smallest absolute Gasteiger partial charge is 0.306 e. The number of halogens is 1. The number of nitrogens with zero attached hydrogens (tertiary/aromatic N) is 4. The molecule has 1 N–H and O–H groups in total. The van der Waals surface area contributed by atoms with Gasteiger partial charge in [-0.15, -0.1) is 0 Å². The molecule has 1 fully saturated rings. The highest BCUT2D eigenvalue weighted by molar-refractivity contribution is 5.94. The zero-order chi connectivity index (χ0) is 20.4. The van der Waals surface area contributed by atoms with Crippen LogP contribution in [0.3, 0.4) is 0 Å². The lowest BCUT2D eigenvalue weighted by Crippen LogP contribution is -2.52. The third kappa shape index (κ3) is 3.88. The first-order valence-corrected chi connectivity index (χ1v) is 8.88. The molecule has 146 valence electrons. The summed E-state index contributed by atoms with van der Waals surface area (Å²) < 4.78 is 13.4. The lowest BCUT2D eigenvalue weighted by atomic mass is 9.98. The molecule has 1 aliphatic rings. The first kappa shape index (κ1) is 18.5. The van der Waals surface area contributed by atoms with E-state index in [9.17, 15) is 19.3 Å². The molecular formula is C20H16FN5O3. The Morgan fingerprint density at radius 1 is 1.14 bits per heavy atom. The fraction of sp³-hybridized carbons (Fsp3) is 0.150. The monoisotopic (exact) mass is 393 g/mol. The quantitative estimate of drug-likeness (QED) is 0.527. The number of aromatic nitrogens is 2. The fourth-order valence-electron chi connectivity index (χ4n) is 3.09. The summed E-state index contributed by atoms with van der Waals surface area (Å²) in [5.74, 6) is -0.796. The Morgan fingerprint density at radius 3 is 2.62 bits per heavy atom. The van der Waals surface area contributed by atoms with E-state index in [1.165, 1.54) is 12.4 Å². The minimum Gasteiger partial charge on any atom is -0.355 e. The maximum absolute atomic E-state index is 13.4. The van der Waals surface area contributed by atoms with Crippen LogP contribution in [0.2, 0.25) is 0 Å². The highest BCUT2D eigenvalue weighted by Gasteiger charge is 2.34. The zero-order valence-corrected chi connectivity index (χ0v) is 15.2. The van der Waals surface area contributed by atoms with Crippen molar-refractivity contribution in [3.8, 4) is 11.3 Å². The van der Waals surface area contributed by atoms with Crippen LogP contribution in [-0.2, 0) is 4.79 Å². The lowest BCUT2D eigenvalue weighted by molar-refractivity contribution is -0.387. The number of hydrogen-bond donors (Lipinski definition) is 1. The molecule has 1 amide bonds. The molecule has 0 radical (unpaired) electrons. The second-order valence-electron chi connectivity index (χ2n) is 6.64. The van der Waals surface area contributed by atoms with Crippen LogP contribution in [0.4, 0.5) is 21.6 Å². The first-order valence-electron chi connectivity index (χ1n) is 8.88. The topological polar surface area (TPSA) is 101 Å². The highest BCUT2D eigenvalue weighted by Crippen LogP contribution is 2.27. The third-order valence-electron chi connectivity index (χ3n) is 4.71. The molecule has 8 nitrogen and oxygen atoms in total. The van der Waals surface area contributed by atoms with Gasteiger partial charge in [-0.1, -0.05) is 30.3 Å². The van der Waals surface area contributed by atoms with Crippen LogP contribution >= 0.6 is 0 Å². The molecule has 1 saturated heterocycles. The summed E-state index contributed by atoms with van der Waals surface area (Å²) in [6.07, 6.45) is 1.49. The van der Waals surface area contributed by atoms with E-state index in [2.05, 4.69) is 15.3 Å². The van der Waals surface area contributed by atoms with Gasteiger partial charge in [0.1, 0.15) is 12.1 Å². The van der Waals surface area contributed by atoms with Crippen molar-refractivity contribution in [2.75, 3.05) is 23.3 Å². The van der Waals surface area contributed by atoms with Crippen LogP contribution in [0.25, 0.3) is 11.3 Å². The van der Waals surface area contributed by atoms with E-state index in [1.54, 1.807) is 0 Å². The van der Waals surface area contributed by atoms with Crippen molar-refractivity contribution < 1.29 is 14.1 Å². The number of benzene rings is 2. The molecular weight excluding hydrogens is 377 g/mol. The lowest BCUT2D eigenvalue weighted by Gasteiger charge is -2.39. The average Bonchev–Trinajstić information content (AvgIpc) is 2.69. The normalized spacial score (nSPS) is 13.6. The third-order valence-corrected chi connectivity index (χ3v) is 4.71. The Kier molecular flexibility index (Phi) is 4.86. The van der Waals surface area contributed by atoms with Gasteiger partial charge >= 0.3 is 5.69 Å². The second-order valence-corrected chi connectivity index (χ2v) is 6.64. The van der Waals surface area contributed by atoms with Crippen molar-refractivity contribution in [3.05, 3.63) is 76.9 Å². The number of nitro groups is 1. The standard InChI is InChI=1S/C20H16FN5O3/c21-16-7-6-15(8-18(16)26(28)29)24-20(27)14-10-25(11-14)19-9-17(22-12-23-19)13-4-2-1-3-5-13/h1-9,12,14H,10-11H2,(H,24,27). The van der Waals surface area contributed by atoms with Gasteiger partial charge in [-0.2, -0.15) is 4.39 Å². The van der Waals surface area contributed by atoms with Gasteiger partial charge in [0.2, 0.25) is 11.7 Å². The maximum Gasteiger partial charge on any atom is 0.306 e. The number of rotatable bonds is 5. The molecule has 0 spiro atoms. The Bertz CT molecular complexity index is 1070. The molecule has 1 aliphatic heterocycles. The zero-order valence-electron chi connectivity index (χ0n) is 15.2. The Labute approximate surface area is 165 Å². The number of hydrogen-bond acceptors (Lipinski definition) is 6. The number of amides is 1. The van der Waals surface area contributed by atoms with Crippen LogP contribution in [0.5, 0.6) is 0 Å². The van der Waals surface area contributed by atoms with E-state index in [4.69, 9.17) is 0 Å². The highest BCUT2D eigenvalue weighted by atomic mass is 19.1. The minimum absolute atomic E-state index is 0.190. The van der Waals surface area contributed by atoms with Gasteiger partial charge in [0.25, 0.3) is 0 Å². The molecule has 29 heavy (non-hydrogen) atoms. The van der Waals surface area contributed by atoms with E-state index in [1.807, 2.05) is 41.3 Å². The van der Waals surface area contributed by atoms with Crippen LogP contribution in [0.15, 0.2) is 60.9 Å². The van der Waals surface area contributed by atoms with E-state index < -0.39 is 16.4 Å². The van der Waals surface area contributed by atoms with E-state index in [-0.39, 0.29) is 17.5 Å². The molecule has 0 bridgehead atoms. The largest absolute Gasteiger partial charge is 0.355 e. The van der Waals surface area contributed by atoms with Gasteiger partial charge in [0.15, 0.2) is 0 Å². The number of carbonyl (C=O) groups is 1. The van der Waals surface area contributed by atoms with Crippen molar-refractivity contribution in [1.82, 2.24) is 9.97 Å². The van der Waals surface area contributed by atoms with Gasteiger partial charge < -0.3 is 10.2 Å². The molecule has 0 aliphatic carbocycles. The van der Waals surface area contributed by atoms with Gasteiger partial charge in [0, 0.05) is 36.5 Å². The Morgan fingerprint density at radius 2 is 1.90 bits per heavy atom. The summed E-state index contributed by atoms with van der Waals surface area (Å²) in [7, 11) is 0. The summed E-state index contributed by atoms with van der Waals surface area (Å²) in [5, 5.41) is 13.4. The number of nitrogens with one attached hydrogen (secondary N) is 1. The summed E-state index contributed by atoms with van der Waals surface area (Å²) in [6.45, 7) is 0.917. The van der Waals surface area contributed by atoms with Crippen LogP contribution < -0.4 is 10.2 Å². The fourth-order valence-corrected chi connectivity index (χ4v) is 3.09. The minimum atomic E-state index is -0.944. The van der Waals surface area contributed by atoms with Crippen molar-refractivity contribution in [2.24, 2.45) is 5.92 Å². The van der Waals surface area contributed by atoms with Gasteiger partial charge in [-0.25, -0.2) is 9.97 Å². The van der Waals surface area contributed by atoms with Crippen molar-refractivity contribution in [1.29, 1.82) is 0 Å². The predicted octanol–water partition coefficient (Wildman–Crippen LogP) is 3.27. The Hall–Kier alpha value is -3.88. The van der Waals surface area contributed by atoms with Crippen LogP contribution in [0.1, 0.15) is 0 Å². The van der Waals surface area contributed by atoms with Gasteiger partial charge in [-0.3, -0.25) is 14.9 Å².